The van der Waals surface area contributed by atoms with E-state index in [0.717, 1.165) is 12.0 Å². The molecule has 0 amide bonds. The highest BCUT2D eigenvalue weighted by Gasteiger charge is 2.23. The highest BCUT2D eigenvalue weighted by Crippen LogP contribution is 2.21. The van der Waals surface area contributed by atoms with Crippen LogP contribution in [-0.2, 0) is 11.2 Å². The number of benzene rings is 1. The lowest BCUT2D eigenvalue weighted by molar-refractivity contribution is 0.0318. The Balaban J connectivity index is 2.15. The van der Waals surface area contributed by atoms with E-state index in [1.54, 1.807) is 39.0 Å². The summed E-state index contributed by atoms with van der Waals surface area (Å²) in [5, 5.41) is 0.0875. The van der Waals surface area contributed by atoms with Gasteiger partial charge >= 0.3 is 5.97 Å². The zero-order valence-corrected chi connectivity index (χ0v) is 15.0. The molecule has 1 heterocycles. The van der Waals surface area contributed by atoms with Gasteiger partial charge in [0.2, 0.25) is 5.78 Å². The summed E-state index contributed by atoms with van der Waals surface area (Å²) in [4.78, 5) is 28.8. The molecule has 0 unspecified atom stereocenters. The third-order valence-corrected chi connectivity index (χ3v) is 4.08. The maximum Gasteiger partial charge on any atom is 0.342 e. The highest BCUT2D eigenvalue weighted by atomic mass is 35.5. The second kappa shape index (κ2) is 7.58. The maximum absolute atomic E-state index is 12.4. The minimum atomic E-state index is -0.901. The second-order valence-corrected chi connectivity index (χ2v) is 6.07. The van der Waals surface area contributed by atoms with Crippen LogP contribution in [-0.4, -0.2) is 22.8 Å². The van der Waals surface area contributed by atoms with E-state index in [1.165, 1.54) is 0 Å². The van der Waals surface area contributed by atoms with Crippen molar-refractivity contribution < 1.29 is 14.3 Å². The summed E-state index contributed by atoms with van der Waals surface area (Å²) in [7, 11) is 0. The molecule has 2 aromatic rings. The van der Waals surface area contributed by atoms with Gasteiger partial charge in [0.15, 0.2) is 6.10 Å². The van der Waals surface area contributed by atoms with Gasteiger partial charge in [-0.2, -0.15) is 0 Å². The summed E-state index contributed by atoms with van der Waals surface area (Å²) < 4.78 is 5.30. The van der Waals surface area contributed by atoms with E-state index < -0.39 is 12.1 Å². The smallest absolute Gasteiger partial charge is 0.342 e. The van der Waals surface area contributed by atoms with Crippen molar-refractivity contribution in [1.82, 2.24) is 4.98 Å². The molecule has 126 valence electrons. The molecule has 5 heteroatoms. The van der Waals surface area contributed by atoms with Crippen LogP contribution in [0.4, 0.5) is 0 Å². The van der Waals surface area contributed by atoms with Gasteiger partial charge in [-0.1, -0.05) is 42.8 Å². The fraction of sp³-hybridized carbons (Fsp3) is 0.316. The molecule has 24 heavy (non-hydrogen) atoms. The van der Waals surface area contributed by atoms with Crippen molar-refractivity contribution in [3.63, 3.8) is 0 Å². The minimum Gasteiger partial charge on any atom is -0.451 e. The van der Waals surface area contributed by atoms with Crippen LogP contribution in [0.1, 0.15) is 51.4 Å². The van der Waals surface area contributed by atoms with Crippen molar-refractivity contribution in [3.05, 3.63) is 63.4 Å². The number of ether oxygens (including phenoxy) is 1. The van der Waals surface area contributed by atoms with Crippen molar-refractivity contribution in [1.29, 1.82) is 0 Å². The second-order valence-electron chi connectivity index (χ2n) is 5.71. The molecule has 0 aliphatic carbocycles. The topological polar surface area (TPSA) is 56.3 Å². The largest absolute Gasteiger partial charge is 0.451 e. The molecule has 0 radical (unpaired) electrons. The molecule has 4 nitrogen and oxygen atoms in total. The Morgan fingerprint density at radius 2 is 1.83 bits per heavy atom. The monoisotopic (exact) mass is 345 g/mol. The zero-order valence-electron chi connectivity index (χ0n) is 14.2. The SMILES string of the molecule is CCc1ccc(C(=O)[C@H](C)OC(=O)c2c(C)cc(C)nc2Cl)cc1. The molecule has 0 aliphatic rings. The van der Waals surface area contributed by atoms with Crippen molar-refractivity contribution in [2.75, 3.05) is 0 Å². The number of carbonyl (C=O) groups excluding carboxylic acids is 2. The summed E-state index contributed by atoms with van der Waals surface area (Å²) in [6, 6.07) is 9.03. The van der Waals surface area contributed by atoms with Crippen LogP contribution in [0.5, 0.6) is 0 Å². The Kier molecular flexibility index (Phi) is 5.73. The summed E-state index contributed by atoms with van der Waals surface area (Å²) in [6.45, 7) is 7.15. The van der Waals surface area contributed by atoms with Gasteiger partial charge in [0, 0.05) is 11.3 Å². The number of hydrogen-bond acceptors (Lipinski definition) is 4. The van der Waals surface area contributed by atoms with E-state index in [4.69, 9.17) is 16.3 Å². The molecule has 1 aromatic heterocycles. The number of carbonyl (C=O) groups is 2. The molecule has 0 fully saturated rings. The number of esters is 1. The normalized spacial score (nSPS) is 11.9. The van der Waals surface area contributed by atoms with Crippen LogP contribution in [0, 0.1) is 13.8 Å². The van der Waals surface area contributed by atoms with Gasteiger partial charge in [-0.05, 0) is 44.4 Å². The first-order valence-corrected chi connectivity index (χ1v) is 8.19. The van der Waals surface area contributed by atoms with E-state index in [-0.39, 0.29) is 16.5 Å². The van der Waals surface area contributed by atoms with Gasteiger partial charge in [-0.3, -0.25) is 4.79 Å². The Labute approximate surface area is 146 Å². The summed E-state index contributed by atoms with van der Waals surface area (Å²) in [5.74, 6) is -0.893. The van der Waals surface area contributed by atoms with Crippen molar-refractivity contribution in [2.45, 2.75) is 40.2 Å². The molecule has 1 atom stereocenters. The van der Waals surface area contributed by atoms with Crippen molar-refractivity contribution in [2.24, 2.45) is 0 Å². The summed E-state index contributed by atoms with van der Waals surface area (Å²) in [6.07, 6.45) is -0.00115. The molecule has 0 spiro atoms. The molecule has 0 saturated heterocycles. The van der Waals surface area contributed by atoms with E-state index in [1.807, 2.05) is 19.1 Å². The fourth-order valence-corrected chi connectivity index (χ4v) is 2.81. The van der Waals surface area contributed by atoms with E-state index >= 15 is 0 Å². The lowest BCUT2D eigenvalue weighted by Crippen LogP contribution is -2.25. The van der Waals surface area contributed by atoms with Crippen LogP contribution < -0.4 is 0 Å². The van der Waals surface area contributed by atoms with Crippen molar-refractivity contribution in [3.8, 4) is 0 Å². The Morgan fingerprint density at radius 3 is 2.38 bits per heavy atom. The average molecular weight is 346 g/mol. The molecule has 2 rings (SSSR count). The van der Waals surface area contributed by atoms with Crippen LogP contribution in [0.15, 0.2) is 30.3 Å². The molecular weight excluding hydrogens is 326 g/mol. The lowest BCUT2D eigenvalue weighted by atomic mass is 10.0. The number of aryl methyl sites for hydroxylation is 3. The Morgan fingerprint density at radius 1 is 1.21 bits per heavy atom. The fourth-order valence-electron chi connectivity index (χ4n) is 2.45. The van der Waals surface area contributed by atoms with Crippen LogP contribution in [0.25, 0.3) is 0 Å². The summed E-state index contributed by atoms with van der Waals surface area (Å²) >= 11 is 6.05. The van der Waals surface area contributed by atoms with Gasteiger partial charge in [-0.15, -0.1) is 0 Å². The number of aromatic nitrogens is 1. The first-order valence-electron chi connectivity index (χ1n) is 7.81. The number of ketones is 1. The first kappa shape index (κ1) is 18.1. The number of hydrogen-bond donors (Lipinski definition) is 0. The van der Waals surface area contributed by atoms with Gasteiger partial charge in [0.25, 0.3) is 0 Å². The Bertz CT molecular complexity index is 746. The number of nitrogens with zero attached hydrogens (tertiary/aromatic N) is 1. The van der Waals surface area contributed by atoms with E-state index in [9.17, 15) is 9.59 Å². The van der Waals surface area contributed by atoms with Gasteiger partial charge in [-0.25, -0.2) is 9.78 Å². The molecule has 0 saturated carbocycles. The quantitative estimate of drug-likeness (QED) is 0.459. The average Bonchev–Trinajstić information content (AvgIpc) is 2.53. The molecule has 0 N–H and O–H groups in total. The molecule has 0 bridgehead atoms. The number of halogens is 1. The predicted octanol–water partition coefficient (Wildman–Crippen LogP) is 4.34. The standard InChI is InChI=1S/C19H20ClNO3/c1-5-14-6-8-15(9-7-14)17(22)13(4)24-19(23)16-11(2)10-12(3)21-18(16)20/h6-10,13H,5H2,1-4H3/t13-/m0/s1. The van der Waals surface area contributed by atoms with E-state index in [2.05, 4.69) is 4.98 Å². The van der Waals surface area contributed by atoms with Gasteiger partial charge in [0.05, 0.1) is 5.56 Å². The number of rotatable bonds is 5. The number of pyridine rings is 1. The summed E-state index contributed by atoms with van der Waals surface area (Å²) in [5.41, 5.74) is 3.24. The molecular formula is C19H20ClNO3. The van der Waals surface area contributed by atoms with Gasteiger partial charge in [0.1, 0.15) is 5.15 Å². The number of Topliss-reactive ketones (excluding diaryl/α,β-unsaturated/α-hetero) is 1. The third-order valence-electron chi connectivity index (χ3n) is 3.80. The van der Waals surface area contributed by atoms with Crippen LogP contribution in [0.2, 0.25) is 5.15 Å². The zero-order chi connectivity index (χ0) is 17.9. The molecule has 1 aromatic carbocycles. The Hall–Kier alpha value is -2.20. The van der Waals surface area contributed by atoms with Crippen LogP contribution in [0.3, 0.4) is 0 Å². The molecule has 0 aliphatic heterocycles. The minimum absolute atomic E-state index is 0.0875. The first-order chi connectivity index (χ1) is 11.3. The lowest BCUT2D eigenvalue weighted by Gasteiger charge is -2.14. The van der Waals surface area contributed by atoms with Gasteiger partial charge < -0.3 is 4.74 Å². The predicted molar refractivity (Wildman–Crippen MR) is 93.7 cm³/mol. The van der Waals surface area contributed by atoms with E-state index in [0.29, 0.717) is 16.8 Å². The highest BCUT2D eigenvalue weighted by molar-refractivity contribution is 6.32. The van der Waals surface area contributed by atoms with Crippen LogP contribution >= 0.6 is 11.6 Å². The van der Waals surface area contributed by atoms with Crippen molar-refractivity contribution >= 4 is 23.4 Å². The maximum atomic E-state index is 12.4. The third kappa shape index (κ3) is 4.01.